The second kappa shape index (κ2) is 15.7. The lowest BCUT2D eigenvalue weighted by Gasteiger charge is -2.35. The van der Waals surface area contributed by atoms with Crippen LogP contribution in [0, 0.1) is 17.1 Å². The highest BCUT2D eigenvalue weighted by Crippen LogP contribution is 2.33. The van der Waals surface area contributed by atoms with Gasteiger partial charge in [0.05, 0.1) is 41.7 Å². The number of amidine groups is 1. The highest BCUT2D eigenvalue weighted by atomic mass is 19.1. The van der Waals surface area contributed by atoms with Crippen molar-refractivity contribution in [2.45, 2.75) is 32.3 Å². The largest absolute Gasteiger partial charge is 0.478 e. The number of hydrogen-bond acceptors (Lipinski definition) is 9. The van der Waals surface area contributed by atoms with Crippen molar-refractivity contribution in [1.29, 1.82) is 5.26 Å². The fourth-order valence-corrected chi connectivity index (χ4v) is 5.16. The molecule has 4 rings (SSSR count). The number of hydrogen-bond donors (Lipinski definition) is 3. The van der Waals surface area contributed by atoms with E-state index in [1.165, 1.54) is 24.4 Å². The predicted octanol–water partition coefficient (Wildman–Crippen LogP) is 4.21. The zero-order valence-corrected chi connectivity index (χ0v) is 25.6. The number of nitrogens with zero attached hydrogens (tertiary/aromatic N) is 6. The van der Waals surface area contributed by atoms with Crippen LogP contribution in [-0.2, 0) is 6.61 Å². The number of halogens is 1. The monoisotopic (exact) mass is 614 g/mol. The van der Waals surface area contributed by atoms with Gasteiger partial charge in [0.2, 0.25) is 5.88 Å². The summed E-state index contributed by atoms with van der Waals surface area (Å²) in [5.41, 5.74) is 9.06. The molecule has 0 bridgehead atoms. The number of hydrazine groups is 1. The molecule has 0 spiro atoms. The fourth-order valence-electron chi connectivity index (χ4n) is 5.16. The van der Waals surface area contributed by atoms with Crippen LogP contribution < -0.4 is 16.3 Å². The molecule has 1 aliphatic heterocycles. The molecule has 3 aromatic rings. The molecule has 2 aromatic carbocycles. The van der Waals surface area contributed by atoms with Crippen LogP contribution in [0.1, 0.15) is 52.7 Å². The average Bonchev–Trinajstić information content (AvgIpc) is 3.06. The lowest BCUT2D eigenvalue weighted by atomic mass is 9.90. The maximum Gasteiger partial charge on any atom is 0.335 e. The number of carboxylic acids is 1. The Hall–Kier alpha value is -4.99. The van der Waals surface area contributed by atoms with Gasteiger partial charge in [-0.2, -0.15) is 5.26 Å². The number of rotatable bonds is 12. The minimum absolute atomic E-state index is 0.0114. The number of carboxylic acid groups (broad SMARTS) is 1. The molecule has 0 saturated carbocycles. The number of aromatic carboxylic acids is 1. The van der Waals surface area contributed by atoms with Gasteiger partial charge in [0.1, 0.15) is 18.3 Å². The molecule has 12 heteroatoms. The van der Waals surface area contributed by atoms with Gasteiger partial charge in [0.25, 0.3) is 0 Å². The number of nitrogens with two attached hydrogens (primary N) is 2. The van der Waals surface area contributed by atoms with E-state index in [9.17, 15) is 14.3 Å². The lowest BCUT2D eigenvalue weighted by molar-refractivity contribution is 0.0697. The van der Waals surface area contributed by atoms with E-state index in [-0.39, 0.29) is 23.7 Å². The van der Waals surface area contributed by atoms with Crippen LogP contribution in [0.4, 0.5) is 10.1 Å². The van der Waals surface area contributed by atoms with Gasteiger partial charge in [-0.1, -0.05) is 12.1 Å². The van der Waals surface area contributed by atoms with E-state index >= 15 is 0 Å². The number of ether oxygens (including phenoxy) is 1. The summed E-state index contributed by atoms with van der Waals surface area (Å²) in [4.78, 5) is 25.0. The van der Waals surface area contributed by atoms with E-state index in [1.54, 1.807) is 35.5 Å². The van der Waals surface area contributed by atoms with Gasteiger partial charge in [-0.05, 0) is 81.2 Å². The number of benzene rings is 2. The van der Waals surface area contributed by atoms with E-state index in [1.807, 2.05) is 37.1 Å². The predicted molar refractivity (Wildman–Crippen MR) is 170 cm³/mol. The summed E-state index contributed by atoms with van der Waals surface area (Å²) in [6.45, 7) is 5.15. The number of pyridine rings is 1. The lowest BCUT2D eigenvalue weighted by Crippen LogP contribution is -2.44. The van der Waals surface area contributed by atoms with Crippen molar-refractivity contribution in [2.24, 2.45) is 16.6 Å². The van der Waals surface area contributed by atoms with Crippen molar-refractivity contribution in [1.82, 2.24) is 19.8 Å². The van der Waals surface area contributed by atoms with Crippen LogP contribution in [0.2, 0.25) is 0 Å². The smallest absolute Gasteiger partial charge is 0.335 e. The molecular weight excluding hydrogens is 575 g/mol. The standard InChI is InChI=1S/C33H39FN8O3/c1-3-42(37)28(19-36)20-40(2)31(39-27-10-8-25(9-11-27)33(43)44)21-41-15-12-24(13-16-41)29-5-4-14-38-32(29)45-22-26-7-6-23(18-35)17-30(26)34/h4-11,14,17,19,24H,3,12-13,15-16,20-22,36-37H2,1-2H3,(H,43,44)/b28-19-,39-31-. The minimum atomic E-state index is -0.991. The normalized spacial score (nSPS) is 14.6. The topological polar surface area (TPSA) is 157 Å². The number of aliphatic imine (C=N–C) groups is 1. The average molecular weight is 615 g/mol. The molecule has 1 aromatic heterocycles. The maximum atomic E-state index is 14.4. The first-order valence-corrected chi connectivity index (χ1v) is 14.8. The second-order valence-electron chi connectivity index (χ2n) is 10.8. The van der Waals surface area contributed by atoms with Crippen LogP contribution in [0.25, 0.3) is 0 Å². The first kappa shape index (κ1) is 32.9. The molecule has 0 atom stereocenters. The summed E-state index contributed by atoms with van der Waals surface area (Å²) in [5, 5.41) is 19.9. The molecule has 45 heavy (non-hydrogen) atoms. The third-order valence-corrected chi connectivity index (χ3v) is 7.85. The van der Waals surface area contributed by atoms with Crippen molar-refractivity contribution in [3.05, 3.63) is 101 Å². The second-order valence-corrected chi connectivity index (χ2v) is 10.8. The van der Waals surface area contributed by atoms with Crippen LogP contribution in [0.15, 0.2) is 77.7 Å². The summed E-state index contributed by atoms with van der Waals surface area (Å²) < 4.78 is 20.4. The maximum absolute atomic E-state index is 14.4. The Morgan fingerprint density at radius 1 is 1.24 bits per heavy atom. The number of piperidine rings is 1. The van der Waals surface area contributed by atoms with Gasteiger partial charge >= 0.3 is 5.97 Å². The molecule has 5 N–H and O–H groups in total. The third-order valence-electron chi connectivity index (χ3n) is 7.85. The zero-order valence-electron chi connectivity index (χ0n) is 25.6. The summed E-state index contributed by atoms with van der Waals surface area (Å²) in [5.74, 6) is 6.12. The van der Waals surface area contributed by atoms with Gasteiger partial charge in [0.15, 0.2) is 0 Å². The Labute approximate surface area is 262 Å². The summed E-state index contributed by atoms with van der Waals surface area (Å²) in [7, 11) is 1.93. The molecule has 236 valence electrons. The molecule has 0 amide bonds. The molecule has 1 fully saturated rings. The number of aromatic nitrogens is 1. The summed E-state index contributed by atoms with van der Waals surface area (Å²) >= 11 is 0. The molecule has 1 aliphatic rings. The molecule has 2 heterocycles. The highest BCUT2D eigenvalue weighted by molar-refractivity contribution is 5.89. The molecule has 0 unspecified atom stereocenters. The van der Waals surface area contributed by atoms with E-state index in [4.69, 9.17) is 26.6 Å². The van der Waals surface area contributed by atoms with E-state index in [2.05, 4.69) is 9.88 Å². The van der Waals surface area contributed by atoms with Crippen molar-refractivity contribution in [3.8, 4) is 11.9 Å². The van der Waals surface area contributed by atoms with Crippen molar-refractivity contribution in [3.63, 3.8) is 0 Å². The number of likely N-dealkylation sites (N-methyl/N-ethyl adjacent to an activating group) is 2. The van der Waals surface area contributed by atoms with E-state index in [0.717, 1.165) is 43.0 Å². The Morgan fingerprint density at radius 3 is 2.60 bits per heavy atom. The Balaban J connectivity index is 1.45. The Bertz CT molecular complexity index is 1560. The fraction of sp³-hybridized carbons (Fsp3) is 0.333. The first-order valence-electron chi connectivity index (χ1n) is 14.8. The highest BCUT2D eigenvalue weighted by Gasteiger charge is 2.26. The number of nitriles is 1. The first-order chi connectivity index (χ1) is 21.7. The molecule has 1 saturated heterocycles. The van der Waals surface area contributed by atoms with Crippen LogP contribution in [-0.4, -0.2) is 76.5 Å². The number of carbonyl (C=O) groups is 1. The van der Waals surface area contributed by atoms with Gasteiger partial charge < -0.3 is 25.5 Å². The van der Waals surface area contributed by atoms with Crippen molar-refractivity contribution in [2.75, 3.05) is 39.8 Å². The van der Waals surface area contributed by atoms with E-state index < -0.39 is 11.8 Å². The molecule has 0 aliphatic carbocycles. The van der Waals surface area contributed by atoms with Crippen molar-refractivity contribution < 1.29 is 19.0 Å². The van der Waals surface area contributed by atoms with Crippen LogP contribution in [0.5, 0.6) is 5.88 Å². The molecule has 0 radical (unpaired) electrons. The van der Waals surface area contributed by atoms with Crippen LogP contribution in [0.3, 0.4) is 0 Å². The molecule has 11 nitrogen and oxygen atoms in total. The summed E-state index contributed by atoms with van der Waals surface area (Å²) in [6.07, 6.45) is 4.87. The van der Waals surface area contributed by atoms with Gasteiger partial charge in [-0.15, -0.1) is 0 Å². The van der Waals surface area contributed by atoms with E-state index in [0.29, 0.717) is 36.8 Å². The van der Waals surface area contributed by atoms with Crippen molar-refractivity contribution >= 4 is 17.5 Å². The minimum Gasteiger partial charge on any atom is -0.478 e. The van der Waals surface area contributed by atoms with Crippen LogP contribution >= 0.6 is 0 Å². The quantitative estimate of drug-likeness (QED) is 0.117. The molecular formula is C33H39FN8O3. The zero-order chi connectivity index (χ0) is 32.3. The van der Waals surface area contributed by atoms with Gasteiger partial charge in [-0.3, -0.25) is 4.90 Å². The van der Waals surface area contributed by atoms with Gasteiger partial charge in [0, 0.05) is 37.1 Å². The van der Waals surface area contributed by atoms with Gasteiger partial charge in [-0.25, -0.2) is 25.0 Å². The summed E-state index contributed by atoms with van der Waals surface area (Å²) in [6, 6.07) is 16.6. The number of likely N-dealkylation sites (tertiary alicyclic amines) is 1. The Kier molecular flexibility index (Phi) is 11.4. The third kappa shape index (κ3) is 8.78. The SMILES string of the molecule is CCN(N)/C(=C\N)CN(C)/C(CN1CCC(c2cccnc2OCc2ccc(C#N)cc2F)CC1)=N\c1ccc(C(=O)O)cc1. The Morgan fingerprint density at radius 2 is 1.98 bits per heavy atom.